The van der Waals surface area contributed by atoms with Crippen LogP contribution in [0.25, 0.3) is 11.0 Å². The van der Waals surface area contributed by atoms with Crippen LogP contribution in [0.15, 0.2) is 45.8 Å². The van der Waals surface area contributed by atoms with E-state index in [4.69, 9.17) is 25.5 Å². The Morgan fingerprint density at radius 2 is 1.82 bits per heavy atom. The number of aliphatic hydroxyl groups is 1. The molecule has 6 nitrogen and oxygen atoms in total. The van der Waals surface area contributed by atoms with Gasteiger partial charge in [0.25, 0.3) is 0 Å². The maximum atomic E-state index is 12.9. The molecular formula is C26H31Cl2NO5. The van der Waals surface area contributed by atoms with Crippen LogP contribution in [0.4, 0.5) is 0 Å². The molecule has 0 radical (unpaired) electrons. The van der Waals surface area contributed by atoms with Crippen molar-refractivity contribution in [3.05, 3.63) is 63.0 Å². The van der Waals surface area contributed by atoms with Gasteiger partial charge in [0, 0.05) is 17.6 Å². The molecule has 1 atom stereocenters. The molecule has 1 fully saturated rings. The van der Waals surface area contributed by atoms with Crippen LogP contribution >= 0.6 is 24.0 Å². The Hall–Kier alpha value is -2.25. The highest BCUT2D eigenvalue weighted by Crippen LogP contribution is 2.29. The van der Waals surface area contributed by atoms with Gasteiger partial charge < -0.3 is 23.9 Å². The van der Waals surface area contributed by atoms with Crippen LogP contribution in [0, 0.1) is 19.8 Å². The van der Waals surface area contributed by atoms with E-state index in [1.54, 1.807) is 30.3 Å². The first-order valence-corrected chi connectivity index (χ1v) is 11.7. The number of ether oxygens (including phenoxy) is 2. The zero-order valence-corrected chi connectivity index (χ0v) is 21.2. The zero-order chi connectivity index (χ0) is 23.5. The zero-order valence-electron chi connectivity index (χ0n) is 19.7. The smallest absolute Gasteiger partial charge is 0.235 e. The molecule has 2 heterocycles. The molecule has 8 heteroatoms. The number of nitrogens with zero attached hydrogens (tertiary/aromatic N) is 1. The molecule has 1 aromatic heterocycles. The van der Waals surface area contributed by atoms with Crippen LogP contribution in [0.2, 0.25) is 5.02 Å². The lowest BCUT2D eigenvalue weighted by Crippen LogP contribution is -2.40. The lowest BCUT2D eigenvalue weighted by Gasteiger charge is -2.31. The number of likely N-dealkylation sites (tertiary alicyclic amines) is 1. The third kappa shape index (κ3) is 6.25. The van der Waals surface area contributed by atoms with E-state index in [-0.39, 0.29) is 30.2 Å². The van der Waals surface area contributed by atoms with Gasteiger partial charge in [0.05, 0.1) is 5.39 Å². The highest BCUT2D eigenvalue weighted by molar-refractivity contribution is 6.32. The second-order valence-corrected chi connectivity index (χ2v) is 9.39. The summed E-state index contributed by atoms with van der Waals surface area (Å²) in [4.78, 5) is 15.2. The Kier molecular flexibility index (Phi) is 8.88. The van der Waals surface area contributed by atoms with Crippen LogP contribution in [-0.2, 0) is 0 Å². The molecule has 1 saturated heterocycles. The number of rotatable bonds is 7. The number of β-amino-alcohol motifs (C(OH)–C–C–N with tert-alkyl or cyclic N) is 1. The fourth-order valence-electron chi connectivity index (χ4n) is 4.13. The largest absolute Gasteiger partial charge is 0.491 e. The van der Waals surface area contributed by atoms with E-state index >= 15 is 0 Å². The Labute approximate surface area is 210 Å². The summed E-state index contributed by atoms with van der Waals surface area (Å²) in [5.74, 6) is 1.92. The minimum atomic E-state index is -0.580. The van der Waals surface area contributed by atoms with Gasteiger partial charge in [-0.05, 0) is 81.1 Å². The molecule has 1 aliphatic rings. The van der Waals surface area contributed by atoms with Crippen molar-refractivity contribution in [1.82, 2.24) is 4.90 Å². The van der Waals surface area contributed by atoms with Gasteiger partial charge in [-0.3, -0.25) is 4.79 Å². The molecule has 0 aliphatic carbocycles. The highest BCUT2D eigenvalue weighted by Gasteiger charge is 2.19. The van der Waals surface area contributed by atoms with Crippen molar-refractivity contribution < 1.29 is 19.0 Å². The van der Waals surface area contributed by atoms with Crippen LogP contribution < -0.4 is 14.9 Å². The van der Waals surface area contributed by atoms with Crippen molar-refractivity contribution in [2.75, 3.05) is 26.2 Å². The summed E-state index contributed by atoms with van der Waals surface area (Å²) in [5.41, 5.74) is 1.87. The van der Waals surface area contributed by atoms with Crippen molar-refractivity contribution in [2.24, 2.45) is 5.92 Å². The summed E-state index contributed by atoms with van der Waals surface area (Å²) in [5, 5.41) is 11.4. The highest BCUT2D eigenvalue weighted by atomic mass is 35.5. The molecule has 0 spiro atoms. The van der Waals surface area contributed by atoms with Crippen LogP contribution in [0.5, 0.6) is 17.2 Å². The molecule has 0 bridgehead atoms. The van der Waals surface area contributed by atoms with E-state index in [9.17, 15) is 9.90 Å². The third-order valence-corrected chi connectivity index (χ3v) is 6.74. The summed E-state index contributed by atoms with van der Waals surface area (Å²) in [6, 6.07) is 8.58. The van der Waals surface area contributed by atoms with Gasteiger partial charge in [0.1, 0.15) is 36.1 Å². The van der Waals surface area contributed by atoms with Crippen LogP contribution in [-0.4, -0.2) is 42.4 Å². The molecule has 2 aromatic carbocycles. The third-order valence-electron chi connectivity index (χ3n) is 6.14. The molecule has 34 heavy (non-hydrogen) atoms. The fraction of sp³-hybridized carbons (Fsp3) is 0.423. The van der Waals surface area contributed by atoms with Gasteiger partial charge in [-0.25, -0.2) is 0 Å². The minimum absolute atomic E-state index is 0. The molecule has 0 saturated carbocycles. The van der Waals surface area contributed by atoms with E-state index in [1.165, 1.54) is 19.1 Å². The Balaban J connectivity index is 0.00000324. The number of halogens is 2. The average molecular weight is 508 g/mol. The SMILES string of the molecule is Cc1cc(Oc2coc3cc(OCC(O)CN4CCC(C)CC4)ccc3c2=O)cc(C)c1Cl.Cl. The maximum absolute atomic E-state index is 12.9. The first kappa shape index (κ1) is 26.4. The van der Waals surface area contributed by atoms with E-state index in [0.717, 1.165) is 30.1 Å². The number of aryl methyl sites for hydroxylation is 2. The van der Waals surface area contributed by atoms with Gasteiger partial charge >= 0.3 is 0 Å². The molecule has 4 rings (SSSR count). The minimum Gasteiger partial charge on any atom is -0.491 e. The molecule has 0 amide bonds. The van der Waals surface area contributed by atoms with E-state index < -0.39 is 6.10 Å². The number of aliphatic hydroxyl groups excluding tert-OH is 1. The second-order valence-electron chi connectivity index (χ2n) is 9.01. The molecule has 184 valence electrons. The second kappa shape index (κ2) is 11.5. The van der Waals surface area contributed by atoms with Crippen molar-refractivity contribution in [1.29, 1.82) is 0 Å². The number of piperidine rings is 1. The predicted octanol–water partition coefficient (Wildman–Crippen LogP) is 5.75. The van der Waals surface area contributed by atoms with E-state index in [2.05, 4.69) is 11.8 Å². The van der Waals surface area contributed by atoms with Gasteiger partial charge in [-0.15, -0.1) is 12.4 Å². The maximum Gasteiger partial charge on any atom is 0.235 e. The summed E-state index contributed by atoms with van der Waals surface area (Å²) in [6.45, 7) is 8.84. The Morgan fingerprint density at radius 3 is 2.50 bits per heavy atom. The molecule has 1 unspecified atom stereocenters. The van der Waals surface area contributed by atoms with E-state index in [0.29, 0.717) is 34.0 Å². The number of hydrogen-bond acceptors (Lipinski definition) is 6. The summed E-state index contributed by atoms with van der Waals surface area (Å²) in [6.07, 6.45) is 3.06. The Bertz CT molecular complexity index is 1160. The molecule has 1 aliphatic heterocycles. The lowest BCUT2D eigenvalue weighted by molar-refractivity contribution is 0.0563. The Morgan fingerprint density at radius 1 is 1.15 bits per heavy atom. The molecule has 1 N–H and O–H groups in total. The van der Waals surface area contributed by atoms with Gasteiger partial charge in [0.15, 0.2) is 0 Å². The van der Waals surface area contributed by atoms with Gasteiger partial charge in [0.2, 0.25) is 11.2 Å². The number of fused-ring (bicyclic) bond motifs is 1. The summed E-state index contributed by atoms with van der Waals surface area (Å²) < 4.78 is 17.2. The topological polar surface area (TPSA) is 72.1 Å². The summed E-state index contributed by atoms with van der Waals surface area (Å²) in [7, 11) is 0. The average Bonchev–Trinajstić information content (AvgIpc) is 2.79. The monoisotopic (exact) mass is 507 g/mol. The van der Waals surface area contributed by atoms with Gasteiger partial charge in [-0.1, -0.05) is 18.5 Å². The predicted molar refractivity (Wildman–Crippen MR) is 137 cm³/mol. The first-order chi connectivity index (χ1) is 15.8. The standard InChI is InChI=1S/C26H30ClNO5.ClH/c1-16-6-8-28(9-7-16)13-19(29)14-31-20-4-5-22-23(12-20)32-15-24(26(22)30)33-21-10-17(2)25(27)18(3)11-21;/h4-5,10-12,15-16,19,29H,6-9,13-14H2,1-3H3;1H. The van der Waals surface area contributed by atoms with Crippen molar-refractivity contribution in [2.45, 2.75) is 39.7 Å². The first-order valence-electron chi connectivity index (χ1n) is 11.3. The lowest BCUT2D eigenvalue weighted by atomic mass is 9.99. The number of hydrogen-bond donors (Lipinski definition) is 1. The summed E-state index contributed by atoms with van der Waals surface area (Å²) >= 11 is 6.21. The van der Waals surface area contributed by atoms with Gasteiger partial charge in [-0.2, -0.15) is 0 Å². The van der Waals surface area contributed by atoms with Crippen LogP contribution in [0.3, 0.4) is 0 Å². The molecular weight excluding hydrogens is 477 g/mol. The fourth-order valence-corrected chi connectivity index (χ4v) is 4.24. The van der Waals surface area contributed by atoms with E-state index in [1.807, 2.05) is 13.8 Å². The van der Waals surface area contributed by atoms with Crippen molar-refractivity contribution in [3.8, 4) is 17.2 Å². The van der Waals surface area contributed by atoms with Crippen LogP contribution in [0.1, 0.15) is 30.9 Å². The van der Waals surface area contributed by atoms with Crippen molar-refractivity contribution >= 4 is 35.0 Å². The normalized spacial score (nSPS) is 15.7. The number of benzene rings is 2. The van der Waals surface area contributed by atoms with Crippen molar-refractivity contribution in [3.63, 3.8) is 0 Å². The molecule has 3 aromatic rings. The quantitative estimate of drug-likeness (QED) is 0.438.